The number of hydrogen-bond acceptors (Lipinski definition) is 7. The molecule has 0 saturated carbocycles. The third-order valence-corrected chi connectivity index (χ3v) is 8.06. The molecule has 1 aromatic carbocycles. The van der Waals surface area contributed by atoms with Crippen LogP contribution in [-0.4, -0.2) is 44.5 Å². The number of nitrogen functional groups attached to an aromatic ring is 1. The number of nitrogens with two attached hydrogens (primary N) is 1. The van der Waals surface area contributed by atoms with Gasteiger partial charge in [-0.2, -0.15) is 4.31 Å². The summed E-state index contributed by atoms with van der Waals surface area (Å²) < 4.78 is 28.9. The summed E-state index contributed by atoms with van der Waals surface area (Å²) in [5.41, 5.74) is 9.53. The van der Waals surface area contributed by atoms with Gasteiger partial charge in [-0.05, 0) is 49.6 Å². The molecule has 1 amide bonds. The molecule has 190 valence electrons. The highest BCUT2D eigenvalue weighted by Crippen LogP contribution is 2.38. The number of carbonyl (C=O) groups excluding carboxylic acids is 1. The van der Waals surface area contributed by atoms with Crippen LogP contribution >= 0.6 is 0 Å². The summed E-state index contributed by atoms with van der Waals surface area (Å²) >= 11 is 0. The van der Waals surface area contributed by atoms with Gasteiger partial charge in [0.1, 0.15) is 28.7 Å². The lowest BCUT2D eigenvalue weighted by molar-refractivity contribution is 0.102. The van der Waals surface area contributed by atoms with Gasteiger partial charge in [0, 0.05) is 41.7 Å². The fraction of sp³-hybridized carbons (Fsp3) is 0.231. The quantitative estimate of drug-likeness (QED) is 0.395. The Morgan fingerprint density at radius 2 is 2.03 bits per heavy atom. The van der Waals surface area contributed by atoms with E-state index in [1.807, 2.05) is 17.4 Å². The van der Waals surface area contributed by atoms with Crippen molar-refractivity contribution in [2.75, 3.05) is 17.6 Å². The van der Waals surface area contributed by atoms with Crippen LogP contribution in [0.3, 0.4) is 0 Å². The molecular formula is C26H27N7O3S. The van der Waals surface area contributed by atoms with E-state index in [1.165, 1.54) is 4.31 Å². The third-order valence-electron chi connectivity index (χ3n) is 6.55. The van der Waals surface area contributed by atoms with E-state index < -0.39 is 16.1 Å². The van der Waals surface area contributed by atoms with E-state index >= 15 is 0 Å². The highest BCUT2D eigenvalue weighted by molar-refractivity contribution is 7.92. The molecule has 1 fully saturated rings. The van der Waals surface area contributed by atoms with Crippen molar-refractivity contribution < 1.29 is 13.2 Å². The summed E-state index contributed by atoms with van der Waals surface area (Å²) in [5.74, 6) is 1.03. The minimum atomic E-state index is -3.65. The second-order valence-corrected chi connectivity index (χ2v) is 10.7. The molecule has 5 rings (SSSR count). The SMILES string of the molecule is C=CS(=O)(=O)N1CCCC[C@H]1c1nc(-c2ccc(C(=O)Nc3ccccn3)cc2C)c2c(N)nccn12. The first-order chi connectivity index (χ1) is 17.8. The van der Waals surface area contributed by atoms with Gasteiger partial charge < -0.3 is 11.1 Å². The van der Waals surface area contributed by atoms with Gasteiger partial charge in [-0.25, -0.2) is 23.4 Å². The van der Waals surface area contributed by atoms with Crippen LogP contribution in [0, 0.1) is 6.92 Å². The Balaban J connectivity index is 1.58. The van der Waals surface area contributed by atoms with Crippen LogP contribution in [0.1, 0.15) is 47.1 Å². The zero-order chi connectivity index (χ0) is 26.2. The van der Waals surface area contributed by atoms with Gasteiger partial charge in [0.25, 0.3) is 5.91 Å². The van der Waals surface area contributed by atoms with Crippen LogP contribution in [-0.2, 0) is 10.0 Å². The fourth-order valence-corrected chi connectivity index (χ4v) is 5.90. The van der Waals surface area contributed by atoms with Crippen LogP contribution in [0.4, 0.5) is 11.6 Å². The molecule has 0 bridgehead atoms. The first-order valence-electron chi connectivity index (χ1n) is 11.9. The van der Waals surface area contributed by atoms with Crippen molar-refractivity contribution in [1.29, 1.82) is 0 Å². The molecule has 1 atom stereocenters. The number of hydrogen-bond donors (Lipinski definition) is 2. The molecule has 37 heavy (non-hydrogen) atoms. The lowest BCUT2D eigenvalue weighted by Gasteiger charge is -2.32. The van der Waals surface area contributed by atoms with Crippen molar-refractivity contribution in [3.63, 3.8) is 0 Å². The summed E-state index contributed by atoms with van der Waals surface area (Å²) in [4.78, 5) is 26.1. The minimum Gasteiger partial charge on any atom is -0.382 e. The van der Waals surface area contributed by atoms with Crippen LogP contribution in [0.2, 0.25) is 0 Å². The lowest BCUT2D eigenvalue weighted by Crippen LogP contribution is -2.38. The van der Waals surface area contributed by atoms with E-state index in [-0.39, 0.29) is 11.7 Å². The summed E-state index contributed by atoms with van der Waals surface area (Å²) in [7, 11) is -3.65. The van der Waals surface area contributed by atoms with Crippen molar-refractivity contribution in [1.82, 2.24) is 23.7 Å². The molecule has 1 aliphatic rings. The van der Waals surface area contributed by atoms with Gasteiger partial charge in [0.05, 0.1) is 6.04 Å². The average Bonchev–Trinajstić information content (AvgIpc) is 3.30. The monoisotopic (exact) mass is 517 g/mol. The number of pyridine rings is 1. The molecular weight excluding hydrogens is 490 g/mol. The van der Waals surface area contributed by atoms with Gasteiger partial charge in [0.15, 0.2) is 0 Å². The molecule has 10 nitrogen and oxygen atoms in total. The Morgan fingerprint density at radius 3 is 2.76 bits per heavy atom. The maximum Gasteiger partial charge on any atom is 0.256 e. The molecule has 1 saturated heterocycles. The molecule has 4 heterocycles. The van der Waals surface area contributed by atoms with Gasteiger partial charge in [-0.15, -0.1) is 0 Å². The van der Waals surface area contributed by atoms with E-state index in [2.05, 4.69) is 21.9 Å². The number of imidazole rings is 1. The van der Waals surface area contributed by atoms with Gasteiger partial charge in [-0.1, -0.05) is 25.1 Å². The van der Waals surface area contributed by atoms with Gasteiger partial charge in [-0.3, -0.25) is 9.20 Å². The standard InChI is InChI=1S/C26H27N7O3S/c1-3-37(35,36)33-14-7-5-8-20(33)25-31-22(23-24(27)29-13-15-32(23)25)19-11-10-18(16-17(19)2)26(34)30-21-9-4-6-12-28-21/h3-4,6,9-13,15-16,20H,1,5,7-8,14H2,2H3,(H2,27,29)(H,28,30,34)/t20-/m0/s1. The number of piperidine rings is 1. The molecule has 0 spiro atoms. The Bertz CT molecular complexity index is 1600. The first-order valence-corrected chi connectivity index (χ1v) is 13.4. The number of nitrogens with one attached hydrogen (secondary N) is 1. The predicted octanol–water partition coefficient (Wildman–Crippen LogP) is 3.93. The van der Waals surface area contributed by atoms with E-state index in [4.69, 9.17) is 10.7 Å². The topological polar surface area (TPSA) is 136 Å². The number of nitrogens with zero attached hydrogens (tertiary/aromatic N) is 5. The molecule has 3 aromatic heterocycles. The van der Waals surface area contributed by atoms with E-state index in [9.17, 15) is 13.2 Å². The first kappa shape index (κ1) is 24.6. The molecule has 0 radical (unpaired) electrons. The maximum atomic E-state index is 12.8. The zero-order valence-electron chi connectivity index (χ0n) is 20.3. The average molecular weight is 518 g/mol. The van der Waals surface area contributed by atoms with Gasteiger partial charge >= 0.3 is 0 Å². The Morgan fingerprint density at radius 1 is 1.19 bits per heavy atom. The Kier molecular flexibility index (Phi) is 6.48. The molecule has 0 aliphatic carbocycles. The molecule has 1 aliphatic heterocycles. The minimum absolute atomic E-state index is 0.279. The summed E-state index contributed by atoms with van der Waals surface area (Å²) in [6, 6.07) is 10.1. The number of rotatable bonds is 6. The van der Waals surface area contributed by atoms with Crippen molar-refractivity contribution in [2.24, 2.45) is 0 Å². The normalized spacial score (nSPS) is 16.5. The second kappa shape index (κ2) is 9.75. The van der Waals surface area contributed by atoms with E-state index in [0.29, 0.717) is 41.4 Å². The largest absolute Gasteiger partial charge is 0.382 e. The Hall–Kier alpha value is -4.09. The zero-order valence-corrected chi connectivity index (χ0v) is 21.1. The lowest BCUT2D eigenvalue weighted by atomic mass is 10.0. The predicted molar refractivity (Wildman–Crippen MR) is 142 cm³/mol. The summed E-state index contributed by atoms with van der Waals surface area (Å²) in [5, 5.41) is 3.77. The van der Waals surface area contributed by atoms with Crippen LogP contribution in [0.25, 0.3) is 16.8 Å². The van der Waals surface area contributed by atoms with Gasteiger partial charge in [0.2, 0.25) is 10.0 Å². The fourth-order valence-electron chi connectivity index (χ4n) is 4.77. The smallest absolute Gasteiger partial charge is 0.256 e. The number of aromatic nitrogens is 4. The molecule has 0 unspecified atom stereocenters. The summed E-state index contributed by atoms with van der Waals surface area (Å²) in [6.45, 7) is 5.78. The highest BCUT2D eigenvalue weighted by Gasteiger charge is 2.35. The summed E-state index contributed by atoms with van der Waals surface area (Å²) in [6.07, 6.45) is 7.19. The van der Waals surface area contributed by atoms with Crippen molar-refractivity contribution >= 4 is 33.1 Å². The number of sulfonamides is 1. The molecule has 4 aromatic rings. The van der Waals surface area contributed by atoms with E-state index in [1.54, 1.807) is 48.9 Å². The van der Waals surface area contributed by atoms with E-state index in [0.717, 1.165) is 29.4 Å². The maximum absolute atomic E-state index is 12.8. The van der Waals surface area contributed by atoms with Crippen molar-refractivity contribution in [3.05, 3.63) is 83.9 Å². The Labute approximate surface area is 214 Å². The molecule has 3 N–H and O–H groups in total. The van der Waals surface area contributed by atoms with Crippen LogP contribution in [0.5, 0.6) is 0 Å². The molecule has 11 heteroatoms. The number of aryl methyl sites for hydroxylation is 1. The number of anilines is 2. The number of benzene rings is 1. The number of amides is 1. The van der Waals surface area contributed by atoms with Crippen LogP contribution in [0.15, 0.2) is 67.0 Å². The highest BCUT2D eigenvalue weighted by atomic mass is 32.2. The number of fused-ring (bicyclic) bond motifs is 1. The number of carbonyl (C=O) groups is 1. The third kappa shape index (κ3) is 4.58. The van der Waals surface area contributed by atoms with Crippen LogP contribution < -0.4 is 11.1 Å². The van der Waals surface area contributed by atoms with Crippen molar-refractivity contribution in [2.45, 2.75) is 32.2 Å². The van der Waals surface area contributed by atoms with Crippen molar-refractivity contribution in [3.8, 4) is 11.3 Å². The second-order valence-electron chi connectivity index (χ2n) is 8.88.